The summed E-state index contributed by atoms with van der Waals surface area (Å²) in [6.45, 7) is 5.18. The van der Waals surface area contributed by atoms with Crippen LogP contribution in [0.1, 0.15) is 19.4 Å². The first-order chi connectivity index (χ1) is 11.8. The fraction of sp³-hybridized carbons (Fsp3) is 0.294. The van der Waals surface area contributed by atoms with Gasteiger partial charge in [-0.2, -0.15) is 0 Å². The Morgan fingerprint density at radius 3 is 2.56 bits per heavy atom. The van der Waals surface area contributed by atoms with Gasteiger partial charge >= 0.3 is 6.03 Å². The first kappa shape index (κ1) is 16.7. The molecule has 1 aliphatic rings. The van der Waals surface area contributed by atoms with Gasteiger partial charge in [0, 0.05) is 12.1 Å². The van der Waals surface area contributed by atoms with Gasteiger partial charge in [-0.05, 0) is 32.4 Å². The minimum Gasteiger partial charge on any atom is -0.496 e. The van der Waals surface area contributed by atoms with E-state index < -0.39 is 11.6 Å². The largest absolute Gasteiger partial charge is 0.496 e. The standard InChI is InChI=1S/C17H18N4O4/c1-10-5-6-11(7-12(10)24-4)25-14-8-13(18-9-19-14)21-15(22)17(2,3)20-16(21)23/h5-9H,1-4H3,(H,20,23). The number of urea groups is 1. The lowest BCUT2D eigenvalue weighted by Crippen LogP contribution is -2.40. The molecule has 1 saturated heterocycles. The van der Waals surface area contributed by atoms with E-state index in [0.717, 1.165) is 10.5 Å². The molecule has 3 amide bonds. The Morgan fingerprint density at radius 1 is 1.16 bits per heavy atom. The lowest BCUT2D eigenvalue weighted by Gasteiger charge is -2.15. The van der Waals surface area contributed by atoms with Crippen LogP contribution >= 0.6 is 0 Å². The van der Waals surface area contributed by atoms with Crippen LogP contribution in [0.4, 0.5) is 10.6 Å². The van der Waals surface area contributed by atoms with E-state index in [-0.39, 0.29) is 17.6 Å². The highest BCUT2D eigenvalue weighted by molar-refractivity contribution is 6.22. The van der Waals surface area contributed by atoms with Crippen LogP contribution in [0.2, 0.25) is 0 Å². The zero-order chi connectivity index (χ0) is 18.2. The Balaban J connectivity index is 1.88. The van der Waals surface area contributed by atoms with E-state index in [0.29, 0.717) is 11.5 Å². The Labute approximate surface area is 144 Å². The van der Waals surface area contributed by atoms with Crippen LogP contribution < -0.4 is 19.7 Å². The number of nitrogens with zero attached hydrogens (tertiary/aromatic N) is 3. The van der Waals surface area contributed by atoms with Gasteiger partial charge in [0.05, 0.1) is 7.11 Å². The van der Waals surface area contributed by atoms with E-state index in [2.05, 4.69) is 15.3 Å². The van der Waals surface area contributed by atoms with Gasteiger partial charge < -0.3 is 14.8 Å². The van der Waals surface area contributed by atoms with Crippen molar-refractivity contribution in [2.24, 2.45) is 0 Å². The normalized spacial score (nSPS) is 15.9. The third-order valence-electron chi connectivity index (χ3n) is 3.82. The number of imide groups is 1. The smallest absolute Gasteiger partial charge is 0.330 e. The van der Waals surface area contributed by atoms with Gasteiger partial charge in [0.1, 0.15) is 23.4 Å². The average Bonchev–Trinajstić information content (AvgIpc) is 2.77. The Kier molecular flexibility index (Phi) is 4.03. The number of rotatable bonds is 4. The number of amides is 3. The number of methoxy groups -OCH3 is 1. The molecular formula is C17H18N4O4. The Hall–Kier alpha value is -3.16. The molecule has 0 saturated carbocycles. The molecule has 2 heterocycles. The molecular weight excluding hydrogens is 324 g/mol. The molecule has 25 heavy (non-hydrogen) atoms. The van der Waals surface area contributed by atoms with Crippen molar-refractivity contribution in [3.05, 3.63) is 36.2 Å². The average molecular weight is 342 g/mol. The number of anilines is 1. The topological polar surface area (TPSA) is 93.7 Å². The molecule has 1 N–H and O–H groups in total. The number of nitrogens with one attached hydrogen (secondary N) is 1. The van der Waals surface area contributed by atoms with Gasteiger partial charge in [-0.1, -0.05) is 6.07 Å². The SMILES string of the molecule is COc1cc(Oc2cc(N3C(=O)NC(C)(C)C3=O)ncn2)ccc1C. The molecule has 0 spiro atoms. The number of carbonyl (C=O) groups excluding carboxylic acids is 2. The van der Waals surface area contributed by atoms with Crippen molar-refractivity contribution in [2.75, 3.05) is 12.0 Å². The van der Waals surface area contributed by atoms with Gasteiger partial charge in [-0.15, -0.1) is 0 Å². The molecule has 0 aliphatic carbocycles. The van der Waals surface area contributed by atoms with Gasteiger partial charge in [-0.25, -0.2) is 19.7 Å². The van der Waals surface area contributed by atoms with E-state index in [4.69, 9.17) is 9.47 Å². The molecule has 1 fully saturated rings. The molecule has 8 nitrogen and oxygen atoms in total. The predicted molar refractivity (Wildman–Crippen MR) is 89.9 cm³/mol. The van der Waals surface area contributed by atoms with Crippen LogP contribution in [-0.4, -0.2) is 34.6 Å². The summed E-state index contributed by atoms with van der Waals surface area (Å²) in [5.41, 5.74) is -0.00676. The maximum absolute atomic E-state index is 12.4. The number of benzene rings is 1. The number of hydrogen-bond acceptors (Lipinski definition) is 6. The summed E-state index contributed by atoms with van der Waals surface area (Å²) in [5.74, 6) is 1.17. The summed E-state index contributed by atoms with van der Waals surface area (Å²) < 4.78 is 11.0. The molecule has 8 heteroatoms. The van der Waals surface area contributed by atoms with Crippen LogP contribution in [0.25, 0.3) is 0 Å². The molecule has 0 unspecified atom stereocenters. The lowest BCUT2D eigenvalue weighted by molar-refractivity contribution is -0.121. The third-order valence-corrected chi connectivity index (χ3v) is 3.82. The minimum atomic E-state index is -0.979. The molecule has 1 aromatic carbocycles. The number of hydrogen-bond donors (Lipinski definition) is 1. The van der Waals surface area contributed by atoms with Crippen molar-refractivity contribution < 1.29 is 19.1 Å². The van der Waals surface area contributed by atoms with Crippen LogP contribution in [0.15, 0.2) is 30.6 Å². The second-order valence-corrected chi connectivity index (χ2v) is 6.14. The summed E-state index contributed by atoms with van der Waals surface area (Å²) in [4.78, 5) is 33.4. The van der Waals surface area contributed by atoms with Gasteiger partial charge in [0.25, 0.3) is 5.91 Å². The Morgan fingerprint density at radius 2 is 1.92 bits per heavy atom. The number of aromatic nitrogens is 2. The molecule has 0 atom stereocenters. The number of aryl methyl sites for hydroxylation is 1. The highest BCUT2D eigenvalue weighted by Gasteiger charge is 2.45. The van der Waals surface area contributed by atoms with Crippen molar-refractivity contribution >= 4 is 17.8 Å². The summed E-state index contributed by atoms with van der Waals surface area (Å²) in [6.07, 6.45) is 1.24. The maximum Gasteiger partial charge on any atom is 0.330 e. The zero-order valence-corrected chi connectivity index (χ0v) is 14.4. The fourth-order valence-corrected chi connectivity index (χ4v) is 2.45. The quantitative estimate of drug-likeness (QED) is 0.858. The fourth-order valence-electron chi connectivity index (χ4n) is 2.45. The van der Waals surface area contributed by atoms with Crippen molar-refractivity contribution in [3.8, 4) is 17.4 Å². The Bertz CT molecular complexity index is 850. The van der Waals surface area contributed by atoms with Crippen LogP contribution in [-0.2, 0) is 4.79 Å². The van der Waals surface area contributed by atoms with Crippen LogP contribution in [0.3, 0.4) is 0 Å². The molecule has 1 aromatic heterocycles. The molecule has 1 aliphatic heterocycles. The predicted octanol–water partition coefficient (Wildman–Crippen LogP) is 2.42. The van der Waals surface area contributed by atoms with Crippen LogP contribution in [0.5, 0.6) is 17.4 Å². The molecule has 130 valence electrons. The lowest BCUT2D eigenvalue weighted by atomic mass is 10.1. The van der Waals surface area contributed by atoms with E-state index in [1.54, 1.807) is 33.1 Å². The third kappa shape index (κ3) is 3.10. The van der Waals surface area contributed by atoms with Crippen LogP contribution in [0, 0.1) is 6.92 Å². The van der Waals surface area contributed by atoms with Gasteiger partial charge in [0.2, 0.25) is 5.88 Å². The highest BCUT2D eigenvalue weighted by atomic mass is 16.5. The molecule has 0 radical (unpaired) electrons. The van der Waals surface area contributed by atoms with E-state index in [1.807, 2.05) is 13.0 Å². The van der Waals surface area contributed by atoms with Gasteiger partial charge in [-0.3, -0.25) is 4.79 Å². The monoisotopic (exact) mass is 342 g/mol. The molecule has 2 aromatic rings. The van der Waals surface area contributed by atoms with Crippen molar-refractivity contribution in [1.29, 1.82) is 0 Å². The number of ether oxygens (including phenoxy) is 2. The van der Waals surface area contributed by atoms with Crippen molar-refractivity contribution in [3.63, 3.8) is 0 Å². The summed E-state index contributed by atoms with van der Waals surface area (Å²) in [6, 6.07) is 6.27. The highest BCUT2D eigenvalue weighted by Crippen LogP contribution is 2.29. The second-order valence-electron chi connectivity index (χ2n) is 6.14. The molecule has 3 rings (SSSR count). The van der Waals surface area contributed by atoms with E-state index in [9.17, 15) is 9.59 Å². The van der Waals surface area contributed by atoms with Crippen molar-refractivity contribution in [1.82, 2.24) is 15.3 Å². The summed E-state index contributed by atoms with van der Waals surface area (Å²) >= 11 is 0. The number of carbonyl (C=O) groups is 2. The van der Waals surface area contributed by atoms with E-state index >= 15 is 0 Å². The maximum atomic E-state index is 12.4. The molecule has 0 bridgehead atoms. The first-order valence-corrected chi connectivity index (χ1v) is 7.63. The van der Waals surface area contributed by atoms with Crippen molar-refractivity contribution in [2.45, 2.75) is 26.3 Å². The zero-order valence-electron chi connectivity index (χ0n) is 14.4. The summed E-state index contributed by atoms with van der Waals surface area (Å²) in [7, 11) is 1.58. The summed E-state index contributed by atoms with van der Waals surface area (Å²) in [5, 5.41) is 2.60. The minimum absolute atomic E-state index is 0.150. The van der Waals surface area contributed by atoms with E-state index in [1.165, 1.54) is 12.4 Å². The first-order valence-electron chi connectivity index (χ1n) is 7.63. The van der Waals surface area contributed by atoms with Gasteiger partial charge in [0.15, 0.2) is 5.82 Å². The second kappa shape index (κ2) is 6.04.